The van der Waals surface area contributed by atoms with Crippen LogP contribution in [-0.2, 0) is 7.05 Å². The minimum Gasteiger partial charge on any atom is -0.300 e. The van der Waals surface area contributed by atoms with Crippen LogP contribution < -0.4 is 5.32 Å². The smallest absolute Gasteiger partial charge is 0.278 e. The largest absolute Gasteiger partial charge is 0.300 e. The molecule has 0 spiro atoms. The van der Waals surface area contributed by atoms with Crippen LogP contribution in [0.2, 0.25) is 5.15 Å². The van der Waals surface area contributed by atoms with E-state index in [2.05, 4.69) is 25.7 Å². The summed E-state index contributed by atoms with van der Waals surface area (Å²) in [6.45, 7) is 0. The van der Waals surface area contributed by atoms with Crippen LogP contribution in [0.5, 0.6) is 0 Å². The Balaban J connectivity index is 1.77. The van der Waals surface area contributed by atoms with Crippen LogP contribution in [0, 0.1) is 0 Å². The highest BCUT2D eigenvalue weighted by Crippen LogP contribution is 2.39. The lowest BCUT2D eigenvalue weighted by atomic mass is 10.4. The van der Waals surface area contributed by atoms with Crippen LogP contribution in [-0.4, -0.2) is 30.9 Å². The minimum absolute atomic E-state index is 0.181. The second-order valence-electron chi connectivity index (χ2n) is 4.41. The maximum absolute atomic E-state index is 11.9. The molecule has 8 heteroatoms. The van der Waals surface area contributed by atoms with Gasteiger partial charge in [-0.05, 0) is 25.0 Å². The Morgan fingerprint density at radius 3 is 2.74 bits per heavy atom. The van der Waals surface area contributed by atoms with E-state index in [-0.39, 0.29) is 16.8 Å². The number of amides is 1. The highest BCUT2D eigenvalue weighted by molar-refractivity contribution is 6.29. The Morgan fingerprint density at radius 2 is 2.11 bits per heavy atom. The van der Waals surface area contributed by atoms with Gasteiger partial charge in [-0.1, -0.05) is 11.6 Å². The van der Waals surface area contributed by atoms with E-state index in [9.17, 15) is 4.79 Å². The number of carbonyl (C=O) groups excluding carboxylic acids is 1. The van der Waals surface area contributed by atoms with E-state index in [1.807, 2.05) is 7.05 Å². The standard InChI is InChI=1S/C11H11ClN6O/c1-18-9(6-2-3-6)16-17-11(18)13-10(19)7-4-5-8(12)15-14-7/h4-6H,2-3H2,1H3,(H,13,17,19). The van der Waals surface area contributed by atoms with Gasteiger partial charge in [0, 0.05) is 13.0 Å². The number of carbonyl (C=O) groups is 1. The number of anilines is 1. The number of hydrogen-bond acceptors (Lipinski definition) is 5. The van der Waals surface area contributed by atoms with E-state index in [0.29, 0.717) is 11.9 Å². The van der Waals surface area contributed by atoms with Gasteiger partial charge in [-0.2, -0.15) is 0 Å². The maximum Gasteiger partial charge on any atom is 0.278 e. The average Bonchev–Trinajstić information content (AvgIpc) is 3.17. The number of nitrogens with one attached hydrogen (secondary N) is 1. The van der Waals surface area contributed by atoms with Gasteiger partial charge < -0.3 is 0 Å². The quantitative estimate of drug-likeness (QED) is 0.917. The molecule has 1 fully saturated rings. The van der Waals surface area contributed by atoms with E-state index < -0.39 is 0 Å². The zero-order valence-electron chi connectivity index (χ0n) is 10.2. The molecule has 2 aromatic rings. The van der Waals surface area contributed by atoms with Crippen LogP contribution in [0.15, 0.2) is 12.1 Å². The van der Waals surface area contributed by atoms with Gasteiger partial charge in [-0.3, -0.25) is 14.7 Å². The Morgan fingerprint density at radius 1 is 1.32 bits per heavy atom. The number of nitrogens with zero attached hydrogens (tertiary/aromatic N) is 5. The molecule has 2 aromatic heterocycles. The molecular weight excluding hydrogens is 268 g/mol. The lowest BCUT2D eigenvalue weighted by Crippen LogP contribution is -2.17. The summed E-state index contributed by atoms with van der Waals surface area (Å²) in [6, 6.07) is 3.01. The van der Waals surface area contributed by atoms with Crippen LogP contribution >= 0.6 is 11.6 Å². The van der Waals surface area contributed by atoms with Gasteiger partial charge in [0.2, 0.25) is 5.95 Å². The highest BCUT2D eigenvalue weighted by Gasteiger charge is 2.29. The fraction of sp³-hybridized carbons (Fsp3) is 0.364. The van der Waals surface area contributed by atoms with Gasteiger partial charge in [0.05, 0.1) is 0 Å². The van der Waals surface area contributed by atoms with Crippen molar-refractivity contribution in [1.29, 1.82) is 0 Å². The first-order chi connectivity index (χ1) is 9.15. The Labute approximate surface area is 114 Å². The van der Waals surface area contributed by atoms with Crippen LogP contribution in [0.1, 0.15) is 35.1 Å². The third kappa shape index (κ3) is 2.41. The molecule has 0 radical (unpaired) electrons. The molecule has 1 N–H and O–H groups in total. The maximum atomic E-state index is 11.9. The summed E-state index contributed by atoms with van der Waals surface area (Å²) < 4.78 is 1.79. The predicted molar refractivity (Wildman–Crippen MR) is 68.0 cm³/mol. The van der Waals surface area contributed by atoms with Crippen molar-refractivity contribution < 1.29 is 4.79 Å². The second-order valence-corrected chi connectivity index (χ2v) is 4.80. The molecule has 98 valence electrons. The van der Waals surface area contributed by atoms with Crippen molar-refractivity contribution in [1.82, 2.24) is 25.0 Å². The van der Waals surface area contributed by atoms with Gasteiger partial charge in [0.15, 0.2) is 10.8 Å². The molecule has 0 bridgehead atoms. The molecule has 0 aliphatic heterocycles. The van der Waals surface area contributed by atoms with Crippen molar-refractivity contribution in [3.8, 4) is 0 Å². The van der Waals surface area contributed by atoms with Crippen molar-refractivity contribution in [2.24, 2.45) is 7.05 Å². The summed E-state index contributed by atoms with van der Waals surface area (Å²) in [5.74, 6) is 1.39. The first-order valence-corrected chi connectivity index (χ1v) is 6.23. The zero-order valence-corrected chi connectivity index (χ0v) is 10.9. The number of halogens is 1. The molecule has 1 aliphatic carbocycles. The van der Waals surface area contributed by atoms with Crippen molar-refractivity contribution >= 4 is 23.5 Å². The fourth-order valence-electron chi connectivity index (χ4n) is 1.75. The minimum atomic E-state index is -0.387. The second kappa shape index (κ2) is 4.58. The van der Waals surface area contributed by atoms with E-state index >= 15 is 0 Å². The summed E-state index contributed by atoms with van der Waals surface area (Å²) in [4.78, 5) is 11.9. The average molecular weight is 279 g/mol. The normalized spacial score (nSPS) is 14.4. The summed E-state index contributed by atoms with van der Waals surface area (Å²) in [5, 5.41) is 18.3. The molecule has 1 amide bonds. The lowest BCUT2D eigenvalue weighted by Gasteiger charge is -2.04. The SMILES string of the molecule is Cn1c(NC(=O)c2ccc(Cl)nn2)nnc1C1CC1. The highest BCUT2D eigenvalue weighted by atomic mass is 35.5. The Kier molecular flexibility index (Phi) is 2.90. The zero-order chi connectivity index (χ0) is 13.4. The third-order valence-electron chi connectivity index (χ3n) is 2.94. The first kappa shape index (κ1) is 12.0. The molecule has 1 saturated carbocycles. The van der Waals surface area contributed by atoms with Gasteiger partial charge >= 0.3 is 0 Å². The van der Waals surface area contributed by atoms with Crippen molar-refractivity contribution in [2.45, 2.75) is 18.8 Å². The van der Waals surface area contributed by atoms with Gasteiger partial charge in [0.25, 0.3) is 5.91 Å². The van der Waals surface area contributed by atoms with Crippen molar-refractivity contribution in [3.05, 3.63) is 28.8 Å². The van der Waals surface area contributed by atoms with Gasteiger partial charge in [-0.15, -0.1) is 20.4 Å². The van der Waals surface area contributed by atoms with E-state index in [1.165, 1.54) is 12.1 Å². The monoisotopic (exact) mass is 278 g/mol. The number of rotatable bonds is 3. The molecule has 0 atom stereocenters. The summed E-state index contributed by atoms with van der Waals surface area (Å²) in [7, 11) is 1.83. The van der Waals surface area contributed by atoms with Crippen molar-refractivity contribution in [2.75, 3.05) is 5.32 Å². The number of hydrogen-bond donors (Lipinski definition) is 1. The van der Waals surface area contributed by atoms with Gasteiger partial charge in [0.1, 0.15) is 5.82 Å². The molecule has 3 rings (SSSR count). The Hall–Kier alpha value is -2.02. The molecule has 2 heterocycles. The molecular formula is C11H11ClN6O. The van der Waals surface area contributed by atoms with Gasteiger partial charge in [-0.25, -0.2) is 0 Å². The predicted octanol–water partition coefficient (Wildman–Crippen LogP) is 1.39. The molecule has 0 aromatic carbocycles. The molecule has 19 heavy (non-hydrogen) atoms. The lowest BCUT2D eigenvalue weighted by molar-refractivity contribution is 0.102. The molecule has 7 nitrogen and oxygen atoms in total. The summed E-state index contributed by atoms with van der Waals surface area (Å²) in [5.41, 5.74) is 0.181. The van der Waals surface area contributed by atoms with Crippen LogP contribution in [0.3, 0.4) is 0 Å². The summed E-state index contributed by atoms with van der Waals surface area (Å²) >= 11 is 5.62. The molecule has 0 saturated heterocycles. The van der Waals surface area contributed by atoms with E-state index in [0.717, 1.165) is 18.7 Å². The van der Waals surface area contributed by atoms with Crippen LogP contribution in [0.4, 0.5) is 5.95 Å². The van der Waals surface area contributed by atoms with E-state index in [1.54, 1.807) is 4.57 Å². The number of aromatic nitrogens is 5. The Bertz CT molecular complexity index is 619. The van der Waals surface area contributed by atoms with E-state index in [4.69, 9.17) is 11.6 Å². The third-order valence-corrected chi connectivity index (χ3v) is 3.14. The van der Waals surface area contributed by atoms with Crippen molar-refractivity contribution in [3.63, 3.8) is 0 Å². The summed E-state index contributed by atoms with van der Waals surface area (Å²) in [6.07, 6.45) is 2.26. The van der Waals surface area contributed by atoms with Crippen LogP contribution in [0.25, 0.3) is 0 Å². The first-order valence-electron chi connectivity index (χ1n) is 5.85. The molecule has 0 unspecified atom stereocenters. The fourth-order valence-corrected chi connectivity index (χ4v) is 1.85. The molecule has 1 aliphatic rings. The topological polar surface area (TPSA) is 85.6 Å².